The smallest absolute Gasteiger partial charge is 0.254 e. The summed E-state index contributed by atoms with van der Waals surface area (Å²) in [5.41, 5.74) is 14.4. The van der Waals surface area contributed by atoms with Crippen molar-refractivity contribution in [2.75, 3.05) is 54.9 Å². The van der Waals surface area contributed by atoms with Crippen molar-refractivity contribution in [3.63, 3.8) is 0 Å². The number of aromatic nitrogens is 5. The molecule has 1 saturated carbocycles. The highest BCUT2D eigenvalue weighted by Gasteiger charge is 2.45. The second kappa shape index (κ2) is 22.8. The van der Waals surface area contributed by atoms with Gasteiger partial charge in [0, 0.05) is 99.7 Å². The Morgan fingerprint density at radius 1 is 0.897 bits per heavy atom. The fourth-order valence-electron chi connectivity index (χ4n) is 12.3. The molecule has 1 unspecified atom stereocenters. The Morgan fingerprint density at radius 2 is 1.68 bits per heavy atom. The van der Waals surface area contributed by atoms with Crippen LogP contribution >= 0.6 is 11.3 Å². The summed E-state index contributed by atoms with van der Waals surface area (Å²) >= 11 is 1.59. The molecule has 19 nitrogen and oxygen atoms in total. The monoisotopic (exact) mass is 1080 g/mol. The van der Waals surface area contributed by atoms with Crippen LogP contribution in [0.25, 0.3) is 21.7 Å². The molecule has 5 aliphatic rings. The van der Waals surface area contributed by atoms with Gasteiger partial charge in [0.15, 0.2) is 11.6 Å². The molecule has 2 bridgehead atoms. The molecule has 5 N–H and O–H groups in total. The average molecular weight is 1080 g/mol. The minimum Gasteiger partial charge on any atom is -0.507 e. The molecule has 11 rings (SSSR count). The number of anilines is 3. The molecule has 0 spiro atoms. The maximum absolute atomic E-state index is 14.3. The topological polar surface area (TPSA) is 231 Å². The van der Waals surface area contributed by atoms with Gasteiger partial charge < -0.3 is 54.7 Å². The van der Waals surface area contributed by atoms with E-state index in [4.69, 9.17) is 24.5 Å². The molecule has 20 heteroatoms. The summed E-state index contributed by atoms with van der Waals surface area (Å²) in [4.78, 5) is 46.8. The number of carbonyl (C=O) groups is 2. The molecule has 4 aromatic heterocycles. The van der Waals surface area contributed by atoms with Gasteiger partial charge in [0.05, 0.1) is 51.8 Å². The van der Waals surface area contributed by atoms with Crippen molar-refractivity contribution in [3.05, 3.63) is 102 Å². The fourth-order valence-corrected chi connectivity index (χ4v) is 13.1. The van der Waals surface area contributed by atoms with E-state index in [1.54, 1.807) is 29.5 Å². The van der Waals surface area contributed by atoms with Gasteiger partial charge in [-0.3, -0.25) is 14.5 Å². The van der Waals surface area contributed by atoms with Crippen LogP contribution in [0, 0.1) is 12.8 Å². The van der Waals surface area contributed by atoms with Crippen LogP contribution in [0.15, 0.2) is 89.0 Å². The van der Waals surface area contributed by atoms with Crippen molar-refractivity contribution in [2.45, 2.75) is 140 Å². The maximum Gasteiger partial charge on any atom is 0.254 e. The number of hydrogen-bond donors (Lipinski definition) is 4. The Balaban J connectivity index is 0.610. The molecular weight excluding hydrogens is 1010 g/mol. The lowest BCUT2D eigenvalue weighted by Gasteiger charge is -2.43. The summed E-state index contributed by atoms with van der Waals surface area (Å²) < 4.78 is 24.9. The largest absolute Gasteiger partial charge is 0.507 e. The van der Waals surface area contributed by atoms with Gasteiger partial charge in [-0.15, -0.1) is 21.5 Å². The lowest BCUT2D eigenvalue weighted by atomic mass is 9.91. The van der Waals surface area contributed by atoms with E-state index in [1.807, 2.05) is 81.9 Å². The Bertz CT molecular complexity index is 3050. The number of nitrogens with two attached hydrogens (primary N) is 1. The zero-order valence-corrected chi connectivity index (χ0v) is 45.8. The van der Waals surface area contributed by atoms with Gasteiger partial charge in [0.25, 0.3) is 5.88 Å². The molecule has 5 fully saturated rings. The number of rotatable bonds is 18. The maximum atomic E-state index is 14.3. The Hall–Kier alpha value is -6.87. The molecular formula is C58H71N11O8S. The second-order valence-corrected chi connectivity index (χ2v) is 23.1. The summed E-state index contributed by atoms with van der Waals surface area (Å²) in [6.07, 6.45) is 7.14. The number of β-amino-alcohol motifs (C(OH)–C–C–N with tert-alkyl or cyclic N) is 1. The first-order valence-corrected chi connectivity index (χ1v) is 28.5. The van der Waals surface area contributed by atoms with E-state index in [9.17, 15) is 19.8 Å². The van der Waals surface area contributed by atoms with Crippen molar-refractivity contribution in [1.82, 2.24) is 40.4 Å². The molecule has 4 aliphatic heterocycles. The number of aryl methyl sites for hydroxylation is 1. The average Bonchev–Trinajstić information content (AvgIpc) is 4.31. The third kappa shape index (κ3) is 11.4. The highest BCUT2D eigenvalue weighted by molar-refractivity contribution is 7.13. The number of thiazole rings is 1. The number of nitrogens with one attached hydrogen (secondary N) is 1. The van der Waals surface area contributed by atoms with Crippen LogP contribution in [0.2, 0.25) is 0 Å². The van der Waals surface area contributed by atoms with Gasteiger partial charge >= 0.3 is 0 Å². The molecule has 1 aliphatic carbocycles. The first kappa shape index (κ1) is 53.1. The molecule has 78 heavy (non-hydrogen) atoms. The fraction of sp³-hybridized carbons (Fsp3) is 0.500. The number of nitrogens with zero attached hydrogens (tertiary/aromatic N) is 9. The molecule has 0 radical (unpaired) electrons. The highest BCUT2D eigenvalue weighted by atomic mass is 32.1. The number of phenols is 1. The molecule has 4 saturated heterocycles. The minimum atomic E-state index is -0.832. The summed E-state index contributed by atoms with van der Waals surface area (Å²) in [5.74, 6) is 0.322. The van der Waals surface area contributed by atoms with Gasteiger partial charge in [0.1, 0.15) is 30.4 Å². The van der Waals surface area contributed by atoms with Crippen molar-refractivity contribution in [3.8, 4) is 39.2 Å². The number of fused-ring (bicyclic) bond motifs is 2. The number of benzene rings is 2. The quantitative estimate of drug-likeness (QED) is 0.0651. The Labute approximate surface area is 459 Å². The van der Waals surface area contributed by atoms with Crippen molar-refractivity contribution in [2.24, 2.45) is 5.92 Å². The van der Waals surface area contributed by atoms with Crippen molar-refractivity contribution < 1.29 is 38.5 Å². The number of ether oxygens (including phenoxy) is 3. The zero-order valence-electron chi connectivity index (χ0n) is 45.0. The van der Waals surface area contributed by atoms with Crippen LogP contribution in [0.5, 0.6) is 17.5 Å². The number of para-hydroxylation sites is 1. The molecule has 2 aromatic carbocycles. The van der Waals surface area contributed by atoms with E-state index < -0.39 is 18.1 Å². The number of piperidine rings is 1. The molecule has 412 valence electrons. The Morgan fingerprint density at radius 3 is 2.41 bits per heavy atom. The van der Waals surface area contributed by atoms with Gasteiger partial charge in [-0.2, -0.15) is 0 Å². The summed E-state index contributed by atoms with van der Waals surface area (Å²) in [7, 11) is 0. The van der Waals surface area contributed by atoms with E-state index in [1.165, 1.54) is 4.90 Å². The van der Waals surface area contributed by atoms with Crippen LogP contribution < -0.4 is 30.3 Å². The van der Waals surface area contributed by atoms with Crippen LogP contribution in [-0.4, -0.2) is 145 Å². The predicted molar refractivity (Wildman–Crippen MR) is 296 cm³/mol. The lowest BCUT2D eigenvalue weighted by molar-refractivity contribution is -0.141. The zero-order chi connectivity index (χ0) is 54.2. The van der Waals surface area contributed by atoms with Crippen molar-refractivity contribution in [1.29, 1.82) is 0 Å². The number of hydrogen-bond acceptors (Lipinski definition) is 18. The van der Waals surface area contributed by atoms with Crippen LogP contribution in [0.3, 0.4) is 0 Å². The first-order chi connectivity index (χ1) is 37.7. The normalized spacial score (nSPS) is 25.0. The molecule has 2 amide bonds. The van der Waals surface area contributed by atoms with Gasteiger partial charge in [0.2, 0.25) is 17.7 Å². The standard InChI is InChI=1S/C58H71N11O8S/c1-33(2)54(58(73)68-31-42(70)24-49(68)57(72)62-35(4)37-10-12-38(13-11-37)55-36(5)61-32-78-55)51-28-53(65-77-51)74-21-20-66-19-17-43(22-34(66)3)75-44-25-45(26-44)76-52-23-39(16-18-60-52)69-40-14-15-41(69)30-67(29-40)48-27-47(63-64-56(48)59)46-8-6-7-9-50(46)71/h6-13,16,18,23,27-28,32-35,40-45,49,54,70-71H,14-15,17,19-22,24-26,29-31H2,1-5H3,(H2,59,64)(H,62,72)/t34-,35+,40-,41?,42-,43-,44?,45?,49+,54-/m1/s1. The van der Waals surface area contributed by atoms with E-state index in [2.05, 4.69) is 64.4 Å². The van der Waals surface area contributed by atoms with Gasteiger partial charge in [-0.05, 0) is 92.9 Å². The lowest BCUT2D eigenvalue weighted by Crippen LogP contribution is -2.54. The number of phenolic OH excluding ortho intramolecular Hbond substituents is 1. The van der Waals surface area contributed by atoms with Gasteiger partial charge in [-0.25, -0.2) is 9.97 Å². The number of carbonyl (C=O) groups excluding carboxylic acids is 2. The van der Waals surface area contributed by atoms with E-state index in [0.717, 1.165) is 91.2 Å². The van der Waals surface area contributed by atoms with Crippen molar-refractivity contribution >= 4 is 40.3 Å². The number of aromatic hydroxyl groups is 1. The number of likely N-dealkylation sites (tertiary alicyclic amines) is 2. The number of amides is 2. The molecule has 8 atom stereocenters. The van der Waals surface area contributed by atoms with E-state index in [-0.39, 0.29) is 72.9 Å². The van der Waals surface area contributed by atoms with Crippen LogP contribution in [-0.2, 0) is 14.3 Å². The number of nitrogen functional groups attached to an aromatic ring is 1. The number of piperazine rings is 1. The molecule has 8 heterocycles. The SMILES string of the molecule is Cc1ncsc1-c1ccc([C@H](C)NC(=O)[C@@H]2C[C@@H](O)CN2C(=O)[C@@H](c2cc(OCCN3CC[C@@H](OC4CC(Oc5cc(N6C7CC[C@@H]6CN(c6cc(-c8ccccc8O)nnc6N)C7)ccn5)C4)C[C@H]3C)no2)C(C)C)cc1. The minimum absolute atomic E-state index is 0.0488. The highest BCUT2D eigenvalue weighted by Crippen LogP contribution is 2.41. The summed E-state index contributed by atoms with van der Waals surface area (Å²) in [6.45, 7) is 13.6. The van der Waals surface area contributed by atoms with Crippen LogP contribution in [0.4, 0.5) is 17.2 Å². The predicted octanol–water partition coefficient (Wildman–Crippen LogP) is 7.54. The number of pyridine rings is 1. The molecule has 6 aromatic rings. The summed E-state index contributed by atoms with van der Waals surface area (Å²) in [5, 5.41) is 37.0. The van der Waals surface area contributed by atoms with E-state index >= 15 is 0 Å². The van der Waals surface area contributed by atoms with Gasteiger partial charge in [-0.1, -0.05) is 50.2 Å². The van der Waals surface area contributed by atoms with E-state index in [0.29, 0.717) is 53.8 Å². The second-order valence-electron chi connectivity index (χ2n) is 22.2. The first-order valence-electron chi connectivity index (χ1n) is 27.6. The van der Waals surface area contributed by atoms with Crippen LogP contribution in [0.1, 0.15) is 102 Å². The third-order valence-corrected chi connectivity index (χ3v) is 17.5. The summed E-state index contributed by atoms with van der Waals surface area (Å²) in [6, 6.07) is 22.7. The number of aliphatic hydroxyl groups excluding tert-OH is 1. The third-order valence-electron chi connectivity index (χ3n) is 16.5. The Kier molecular flexibility index (Phi) is 15.6. The number of aliphatic hydroxyl groups is 1.